The number of esters is 1. The van der Waals surface area contributed by atoms with Crippen molar-refractivity contribution in [2.75, 3.05) is 6.61 Å². The molecule has 0 heterocycles. The number of carbonyl (C=O) groups excluding carboxylic acids is 3. The molecule has 30 heavy (non-hydrogen) atoms. The maximum atomic E-state index is 12.6. The number of hydrogen-bond donors (Lipinski definition) is 2. The average Bonchev–Trinajstić information content (AvgIpc) is 3.04. The van der Waals surface area contributed by atoms with Gasteiger partial charge in [0.2, 0.25) is 6.41 Å². The molecule has 3 fully saturated rings. The molecule has 0 radical (unpaired) electrons. The van der Waals surface area contributed by atoms with Crippen molar-refractivity contribution >= 4 is 18.2 Å². The van der Waals surface area contributed by atoms with Crippen LogP contribution >= 0.6 is 0 Å². The third kappa shape index (κ3) is 2.83. The quantitative estimate of drug-likeness (QED) is 0.418. The molecular formula is C24H33NO5. The predicted molar refractivity (Wildman–Crippen MR) is 111 cm³/mol. The summed E-state index contributed by atoms with van der Waals surface area (Å²) in [7, 11) is 0. The Bertz CT molecular complexity index is 845. The van der Waals surface area contributed by atoms with E-state index in [1.165, 1.54) is 0 Å². The number of amides is 1. The van der Waals surface area contributed by atoms with Gasteiger partial charge in [0.15, 0.2) is 5.78 Å². The number of carbonyl (C=O) groups is 3. The van der Waals surface area contributed by atoms with Crippen LogP contribution < -0.4 is 5.32 Å². The lowest BCUT2D eigenvalue weighted by Gasteiger charge is -2.62. The first kappa shape index (κ1) is 21.3. The average molecular weight is 416 g/mol. The maximum absolute atomic E-state index is 12.6. The van der Waals surface area contributed by atoms with Crippen LogP contribution in [-0.2, 0) is 19.1 Å². The Balaban J connectivity index is 1.73. The van der Waals surface area contributed by atoms with Crippen molar-refractivity contribution in [3.8, 4) is 0 Å². The molecule has 4 aliphatic rings. The van der Waals surface area contributed by atoms with Gasteiger partial charge < -0.3 is 15.2 Å². The van der Waals surface area contributed by atoms with Crippen LogP contribution in [0.3, 0.4) is 0 Å². The van der Waals surface area contributed by atoms with Crippen molar-refractivity contribution in [3.05, 3.63) is 22.9 Å². The fourth-order valence-corrected chi connectivity index (χ4v) is 7.26. The van der Waals surface area contributed by atoms with Crippen LogP contribution in [0.2, 0.25) is 0 Å². The van der Waals surface area contributed by atoms with Gasteiger partial charge in [0.05, 0.1) is 12.2 Å². The highest BCUT2D eigenvalue weighted by Crippen LogP contribution is 2.68. The molecule has 1 amide bonds. The summed E-state index contributed by atoms with van der Waals surface area (Å²) in [4.78, 5) is 35.8. The van der Waals surface area contributed by atoms with Gasteiger partial charge in [-0.05, 0) is 80.8 Å². The topological polar surface area (TPSA) is 92.7 Å². The van der Waals surface area contributed by atoms with E-state index in [4.69, 9.17) is 4.74 Å². The van der Waals surface area contributed by atoms with Crippen LogP contribution in [-0.4, -0.2) is 35.5 Å². The number of aliphatic hydroxyl groups is 1. The number of allylic oxidation sites excluding steroid dienone is 1. The molecule has 3 saturated carbocycles. The van der Waals surface area contributed by atoms with Crippen molar-refractivity contribution < 1.29 is 24.2 Å². The molecule has 6 nitrogen and oxygen atoms in total. The highest BCUT2D eigenvalue weighted by molar-refractivity contribution is 5.92. The van der Waals surface area contributed by atoms with Crippen molar-refractivity contribution in [1.82, 2.24) is 5.32 Å². The second kappa shape index (κ2) is 7.33. The Morgan fingerprint density at radius 3 is 2.63 bits per heavy atom. The number of ketones is 1. The van der Waals surface area contributed by atoms with Crippen molar-refractivity contribution in [2.24, 2.45) is 22.7 Å². The molecule has 0 aliphatic heterocycles. The summed E-state index contributed by atoms with van der Waals surface area (Å²) in [5.41, 5.74) is 0.919. The van der Waals surface area contributed by atoms with Crippen LogP contribution in [0, 0.1) is 22.7 Å². The van der Waals surface area contributed by atoms with Gasteiger partial charge in [0.25, 0.3) is 0 Å². The molecule has 2 N–H and O–H groups in total. The number of rotatable bonds is 4. The van der Waals surface area contributed by atoms with Gasteiger partial charge in [-0.3, -0.25) is 9.59 Å². The van der Waals surface area contributed by atoms with Crippen molar-refractivity contribution in [3.63, 3.8) is 0 Å². The van der Waals surface area contributed by atoms with Gasteiger partial charge in [-0.15, -0.1) is 0 Å². The lowest BCUT2D eigenvalue weighted by molar-refractivity contribution is -0.183. The zero-order valence-corrected chi connectivity index (χ0v) is 18.3. The lowest BCUT2D eigenvalue weighted by Crippen LogP contribution is -2.62. The molecule has 164 valence electrons. The van der Waals surface area contributed by atoms with E-state index in [2.05, 4.69) is 19.2 Å². The summed E-state index contributed by atoms with van der Waals surface area (Å²) in [5, 5.41) is 14.7. The zero-order valence-electron chi connectivity index (χ0n) is 18.3. The Morgan fingerprint density at radius 1 is 1.20 bits per heavy atom. The summed E-state index contributed by atoms with van der Waals surface area (Å²) >= 11 is 0. The molecule has 5 atom stereocenters. The molecule has 4 rings (SSSR count). The van der Waals surface area contributed by atoms with E-state index in [0.717, 1.165) is 43.3 Å². The van der Waals surface area contributed by atoms with E-state index in [1.807, 2.05) is 0 Å². The second-order valence-electron chi connectivity index (χ2n) is 9.94. The van der Waals surface area contributed by atoms with E-state index in [9.17, 15) is 19.5 Å². The second-order valence-corrected chi connectivity index (χ2v) is 9.94. The molecule has 0 aromatic heterocycles. The summed E-state index contributed by atoms with van der Waals surface area (Å²) in [5.74, 6) is 0.0492. The van der Waals surface area contributed by atoms with Gasteiger partial charge in [0.1, 0.15) is 5.70 Å². The molecule has 6 heteroatoms. The minimum atomic E-state index is -0.834. The minimum absolute atomic E-state index is 0.115. The van der Waals surface area contributed by atoms with Gasteiger partial charge in [-0.2, -0.15) is 0 Å². The Labute approximate surface area is 178 Å². The van der Waals surface area contributed by atoms with Gasteiger partial charge >= 0.3 is 5.97 Å². The Kier molecular flexibility index (Phi) is 5.20. The highest BCUT2D eigenvalue weighted by atomic mass is 16.5. The van der Waals surface area contributed by atoms with E-state index < -0.39 is 11.6 Å². The summed E-state index contributed by atoms with van der Waals surface area (Å²) in [6.45, 7) is 6.34. The van der Waals surface area contributed by atoms with Gasteiger partial charge in [-0.25, -0.2) is 4.79 Å². The first-order valence-electron chi connectivity index (χ1n) is 11.3. The largest absolute Gasteiger partial charge is 0.461 e. The van der Waals surface area contributed by atoms with E-state index in [0.29, 0.717) is 25.7 Å². The normalized spacial score (nSPS) is 41.7. The summed E-state index contributed by atoms with van der Waals surface area (Å²) < 4.78 is 5.21. The third-order valence-corrected chi connectivity index (χ3v) is 8.92. The fourth-order valence-electron chi connectivity index (χ4n) is 7.26. The minimum Gasteiger partial charge on any atom is -0.461 e. The Morgan fingerprint density at radius 2 is 1.93 bits per heavy atom. The van der Waals surface area contributed by atoms with Gasteiger partial charge in [-0.1, -0.05) is 19.4 Å². The maximum Gasteiger partial charge on any atom is 0.354 e. The van der Waals surface area contributed by atoms with Crippen LogP contribution in [0.5, 0.6) is 0 Å². The number of fused-ring (bicyclic) bond motifs is 5. The van der Waals surface area contributed by atoms with E-state index >= 15 is 0 Å². The molecular weight excluding hydrogens is 382 g/mol. The van der Waals surface area contributed by atoms with Crippen molar-refractivity contribution in [2.45, 2.75) is 77.7 Å². The van der Waals surface area contributed by atoms with Crippen LogP contribution in [0.15, 0.2) is 22.9 Å². The van der Waals surface area contributed by atoms with Crippen LogP contribution in [0.1, 0.15) is 72.1 Å². The first-order chi connectivity index (χ1) is 14.2. The van der Waals surface area contributed by atoms with Crippen LogP contribution in [0.4, 0.5) is 0 Å². The van der Waals surface area contributed by atoms with Crippen LogP contribution in [0.25, 0.3) is 0 Å². The molecule has 0 bridgehead atoms. The predicted octanol–water partition coefficient (Wildman–Crippen LogP) is 3.20. The number of hydrogen-bond acceptors (Lipinski definition) is 5. The molecule has 4 aliphatic carbocycles. The standard InChI is InChI=1S/C24H33NO5/c1-4-30-21(28)20(25-14-26)19-8-7-17-18-6-5-15-13-16(27)9-10-23(15,3)24(18,29)12-11-22(17,19)2/h13-14,17-18,29H,4-12H2,1-3H3,(H,25,26)/t17-,18-,22-,23-,24+/m0/s1. The fraction of sp³-hybridized carbons (Fsp3) is 0.708. The van der Waals surface area contributed by atoms with Crippen molar-refractivity contribution in [1.29, 1.82) is 0 Å². The number of ether oxygens (including phenoxy) is 1. The third-order valence-electron chi connectivity index (χ3n) is 8.92. The SMILES string of the molecule is CCOC(=O)C(NC=O)=C1CC[C@H]2[C@@H]3CCC4=CC(=O)CC[C@]4(C)[C@@]3(O)CC[C@]12C. The Hall–Kier alpha value is -1.95. The molecule has 0 saturated heterocycles. The lowest BCUT2D eigenvalue weighted by atomic mass is 9.45. The molecule has 0 unspecified atom stereocenters. The molecule has 0 aromatic rings. The summed E-state index contributed by atoms with van der Waals surface area (Å²) in [6.07, 6.45) is 8.23. The van der Waals surface area contributed by atoms with Gasteiger partial charge in [0, 0.05) is 11.8 Å². The van der Waals surface area contributed by atoms with E-state index in [-0.39, 0.29) is 40.8 Å². The zero-order chi connectivity index (χ0) is 21.7. The monoisotopic (exact) mass is 415 g/mol. The molecule has 0 spiro atoms. The molecule has 0 aromatic carbocycles. The van der Waals surface area contributed by atoms with E-state index in [1.54, 1.807) is 13.0 Å². The first-order valence-corrected chi connectivity index (χ1v) is 11.3. The summed E-state index contributed by atoms with van der Waals surface area (Å²) in [6, 6.07) is 0. The number of nitrogens with one attached hydrogen (secondary N) is 1. The smallest absolute Gasteiger partial charge is 0.354 e. The highest BCUT2D eigenvalue weighted by Gasteiger charge is 2.65.